The lowest BCUT2D eigenvalue weighted by Crippen LogP contribution is -2.53. The van der Waals surface area contributed by atoms with Crippen molar-refractivity contribution in [3.05, 3.63) is 90.0 Å². The average molecular weight is 564 g/mol. The molecule has 1 atom stereocenters. The van der Waals surface area contributed by atoms with E-state index in [1.165, 1.54) is 35.7 Å². The Morgan fingerprint density at radius 3 is 2.02 bits per heavy atom. The van der Waals surface area contributed by atoms with Crippen molar-refractivity contribution in [3.8, 4) is 11.5 Å². The number of sulfonamides is 1. The maximum atomic E-state index is 13.6. The minimum absolute atomic E-state index is 0.0353. The van der Waals surface area contributed by atoms with Gasteiger partial charge in [0.25, 0.3) is 0 Å². The van der Waals surface area contributed by atoms with E-state index in [0.29, 0.717) is 38.2 Å². The number of ether oxygens (including phenoxy) is 2. The van der Waals surface area contributed by atoms with Gasteiger partial charge >= 0.3 is 0 Å². The molecule has 2 fully saturated rings. The largest absolute Gasteiger partial charge is 0.497 e. The van der Waals surface area contributed by atoms with E-state index in [0.717, 1.165) is 13.1 Å². The summed E-state index contributed by atoms with van der Waals surface area (Å²) in [6.45, 7) is 3.25. The van der Waals surface area contributed by atoms with Gasteiger partial charge in [-0.3, -0.25) is 9.69 Å². The lowest BCUT2D eigenvalue weighted by molar-refractivity contribution is -0.138. The summed E-state index contributed by atoms with van der Waals surface area (Å²) in [7, 11) is -0.923. The standard InChI is InChI=1S/C31H37N3O5S/c1-38-27-15-16-28(39-2)29(22-27)40(36,37)34-17-9-14-26(23-34)31(35)33-20-18-32(19-21-33)30(24-10-5-3-6-11-24)25-12-7-4-8-13-25/h3-8,10-13,15-16,22,26,30H,9,14,17-21,23H2,1-2H3/t26-/m0/s1. The van der Waals surface area contributed by atoms with Crippen LogP contribution in [-0.4, -0.2) is 81.9 Å². The number of benzene rings is 3. The predicted molar refractivity (Wildman–Crippen MR) is 154 cm³/mol. The van der Waals surface area contributed by atoms with Crippen LogP contribution in [0.25, 0.3) is 0 Å². The lowest BCUT2D eigenvalue weighted by Gasteiger charge is -2.41. The molecule has 0 unspecified atom stereocenters. The second-order valence-electron chi connectivity index (χ2n) is 10.3. The molecule has 8 nitrogen and oxygen atoms in total. The van der Waals surface area contributed by atoms with E-state index in [4.69, 9.17) is 9.47 Å². The molecule has 2 aliphatic rings. The van der Waals surface area contributed by atoms with Gasteiger partial charge in [0.2, 0.25) is 15.9 Å². The van der Waals surface area contributed by atoms with Crippen molar-refractivity contribution in [2.75, 3.05) is 53.5 Å². The molecule has 2 aliphatic heterocycles. The fourth-order valence-corrected chi connectivity index (χ4v) is 7.52. The van der Waals surface area contributed by atoms with Crippen molar-refractivity contribution < 1.29 is 22.7 Å². The maximum absolute atomic E-state index is 13.6. The van der Waals surface area contributed by atoms with Crippen LogP contribution >= 0.6 is 0 Å². The number of amides is 1. The van der Waals surface area contributed by atoms with Crippen molar-refractivity contribution in [2.45, 2.75) is 23.8 Å². The smallest absolute Gasteiger partial charge is 0.246 e. The number of carbonyl (C=O) groups is 1. The van der Waals surface area contributed by atoms with Crippen molar-refractivity contribution in [2.24, 2.45) is 5.92 Å². The fraction of sp³-hybridized carbons (Fsp3) is 0.387. The molecule has 3 aromatic carbocycles. The first kappa shape index (κ1) is 28.1. The molecular formula is C31H37N3O5S. The van der Waals surface area contributed by atoms with Crippen LogP contribution in [0.3, 0.4) is 0 Å². The Morgan fingerprint density at radius 1 is 0.825 bits per heavy atom. The quantitative estimate of drug-likeness (QED) is 0.412. The van der Waals surface area contributed by atoms with Gasteiger partial charge in [-0.05, 0) is 36.1 Å². The minimum atomic E-state index is -3.87. The molecule has 1 amide bonds. The van der Waals surface area contributed by atoms with E-state index in [1.807, 2.05) is 17.0 Å². The fourth-order valence-electron chi connectivity index (χ4n) is 5.83. The van der Waals surface area contributed by atoms with E-state index in [-0.39, 0.29) is 35.1 Å². The van der Waals surface area contributed by atoms with Gasteiger partial charge in [0.15, 0.2) is 0 Å². The number of methoxy groups -OCH3 is 2. The van der Waals surface area contributed by atoms with Crippen molar-refractivity contribution in [1.29, 1.82) is 0 Å². The molecule has 212 valence electrons. The van der Waals surface area contributed by atoms with Gasteiger partial charge in [0.1, 0.15) is 16.4 Å². The molecule has 0 N–H and O–H groups in total. The number of nitrogens with zero attached hydrogens (tertiary/aromatic N) is 3. The van der Waals surface area contributed by atoms with Crippen LogP contribution in [0.15, 0.2) is 83.8 Å². The SMILES string of the molecule is COc1ccc(OC)c(S(=O)(=O)N2CCC[C@H](C(=O)N3CCN(C(c4ccccc4)c4ccccc4)CC3)C2)c1. The van der Waals surface area contributed by atoms with Crippen LogP contribution in [0, 0.1) is 5.92 Å². The Morgan fingerprint density at radius 2 is 1.45 bits per heavy atom. The number of piperazine rings is 1. The summed E-state index contributed by atoms with van der Waals surface area (Å²) in [5, 5.41) is 0. The third-order valence-electron chi connectivity index (χ3n) is 7.94. The number of piperidine rings is 1. The van der Waals surface area contributed by atoms with Crippen LogP contribution in [-0.2, 0) is 14.8 Å². The molecule has 0 bridgehead atoms. The van der Waals surface area contributed by atoms with Crippen LogP contribution < -0.4 is 9.47 Å². The first-order valence-electron chi connectivity index (χ1n) is 13.8. The number of hydrogen-bond acceptors (Lipinski definition) is 6. The predicted octanol–water partition coefficient (Wildman–Crippen LogP) is 4.04. The van der Waals surface area contributed by atoms with Gasteiger partial charge in [-0.25, -0.2) is 8.42 Å². The summed E-state index contributed by atoms with van der Waals surface area (Å²) in [6.07, 6.45) is 1.31. The molecule has 2 heterocycles. The van der Waals surface area contributed by atoms with Gasteiger partial charge in [0, 0.05) is 45.3 Å². The summed E-state index contributed by atoms with van der Waals surface area (Å²) in [6, 6.07) is 25.8. The molecule has 3 aromatic rings. The van der Waals surface area contributed by atoms with Crippen molar-refractivity contribution in [1.82, 2.24) is 14.1 Å². The van der Waals surface area contributed by atoms with Crippen molar-refractivity contribution in [3.63, 3.8) is 0 Å². The normalized spacial score (nSPS) is 19.0. The molecule has 0 radical (unpaired) electrons. The summed E-state index contributed by atoms with van der Waals surface area (Å²) in [5.41, 5.74) is 2.46. The molecule has 40 heavy (non-hydrogen) atoms. The zero-order valence-corrected chi connectivity index (χ0v) is 23.9. The third kappa shape index (κ3) is 5.87. The summed E-state index contributed by atoms with van der Waals surface area (Å²) >= 11 is 0. The van der Waals surface area contributed by atoms with E-state index in [1.54, 1.807) is 12.1 Å². The molecular weight excluding hydrogens is 526 g/mol. The summed E-state index contributed by atoms with van der Waals surface area (Å²) in [5.74, 6) is 0.363. The molecule has 9 heteroatoms. The summed E-state index contributed by atoms with van der Waals surface area (Å²) < 4.78 is 39.3. The van der Waals surface area contributed by atoms with Gasteiger partial charge in [-0.15, -0.1) is 0 Å². The molecule has 0 aromatic heterocycles. The van der Waals surface area contributed by atoms with Crippen LogP contribution in [0.5, 0.6) is 11.5 Å². The van der Waals surface area contributed by atoms with Gasteiger partial charge in [-0.1, -0.05) is 60.7 Å². The van der Waals surface area contributed by atoms with Crippen molar-refractivity contribution >= 4 is 15.9 Å². The lowest BCUT2D eigenvalue weighted by atomic mass is 9.95. The second kappa shape index (κ2) is 12.4. The Labute approximate surface area is 237 Å². The molecule has 2 saturated heterocycles. The highest BCUT2D eigenvalue weighted by Gasteiger charge is 2.38. The maximum Gasteiger partial charge on any atom is 0.246 e. The molecule has 0 spiro atoms. The minimum Gasteiger partial charge on any atom is -0.497 e. The zero-order chi connectivity index (χ0) is 28.1. The highest BCUT2D eigenvalue weighted by Crippen LogP contribution is 2.34. The molecule has 5 rings (SSSR count). The van der Waals surface area contributed by atoms with Crippen LogP contribution in [0.1, 0.15) is 30.0 Å². The van der Waals surface area contributed by atoms with E-state index in [9.17, 15) is 13.2 Å². The molecule has 0 aliphatic carbocycles. The highest BCUT2D eigenvalue weighted by atomic mass is 32.2. The number of carbonyl (C=O) groups excluding carboxylic acids is 1. The number of hydrogen-bond donors (Lipinski definition) is 0. The average Bonchev–Trinajstić information content (AvgIpc) is 3.02. The first-order chi connectivity index (χ1) is 19.4. The first-order valence-corrected chi connectivity index (χ1v) is 15.2. The Balaban J connectivity index is 1.27. The van der Waals surface area contributed by atoms with Gasteiger partial charge in [-0.2, -0.15) is 4.31 Å². The summed E-state index contributed by atoms with van der Waals surface area (Å²) in [4.78, 5) is 18.0. The Bertz CT molecular complexity index is 1350. The highest BCUT2D eigenvalue weighted by molar-refractivity contribution is 7.89. The van der Waals surface area contributed by atoms with Crippen LogP contribution in [0.2, 0.25) is 0 Å². The topological polar surface area (TPSA) is 79.4 Å². The van der Waals surface area contributed by atoms with Crippen LogP contribution in [0.4, 0.5) is 0 Å². The zero-order valence-electron chi connectivity index (χ0n) is 23.1. The third-order valence-corrected chi connectivity index (χ3v) is 9.83. The van der Waals surface area contributed by atoms with E-state index >= 15 is 0 Å². The Kier molecular flexibility index (Phi) is 8.73. The van der Waals surface area contributed by atoms with E-state index < -0.39 is 10.0 Å². The van der Waals surface area contributed by atoms with E-state index in [2.05, 4.69) is 53.4 Å². The van der Waals surface area contributed by atoms with Gasteiger partial charge in [0.05, 0.1) is 26.2 Å². The number of rotatable bonds is 8. The van der Waals surface area contributed by atoms with Gasteiger partial charge < -0.3 is 14.4 Å². The monoisotopic (exact) mass is 563 g/mol. The second-order valence-corrected chi connectivity index (χ2v) is 12.2. The molecule has 0 saturated carbocycles. The Hall–Kier alpha value is -3.40.